The molecule has 0 spiro atoms. The molecule has 0 amide bonds. The molecule has 39 heavy (non-hydrogen) atoms. The molecule has 0 atom stereocenters. The van der Waals surface area contributed by atoms with E-state index >= 15 is 0 Å². The molecule has 0 bridgehead atoms. The lowest BCUT2D eigenvalue weighted by Crippen LogP contribution is -2.29. The van der Waals surface area contributed by atoms with Gasteiger partial charge in [-0.15, -0.1) is 0 Å². The first-order valence-electron chi connectivity index (χ1n) is 12.5. The van der Waals surface area contributed by atoms with Crippen LogP contribution in [0.15, 0.2) is 81.6 Å². The van der Waals surface area contributed by atoms with E-state index in [9.17, 15) is 0 Å². The second kappa shape index (κ2) is 11.2. The van der Waals surface area contributed by atoms with Crippen LogP contribution in [0.1, 0.15) is 19.3 Å². The maximum absolute atomic E-state index is 5.92. The lowest BCUT2D eigenvalue weighted by molar-refractivity contribution is 0.569. The summed E-state index contributed by atoms with van der Waals surface area (Å²) in [4.78, 5) is 19.8. The molecule has 1 aliphatic rings. The van der Waals surface area contributed by atoms with Gasteiger partial charge in [0.25, 0.3) is 0 Å². The Hall–Kier alpha value is -3.65. The second-order valence-corrected chi connectivity index (χ2v) is 10.3. The van der Waals surface area contributed by atoms with Gasteiger partial charge >= 0.3 is 0 Å². The van der Waals surface area contributed by atoms with Crippen molar-refractivity contribution in [1.82, 2.24) is 19.9 Å². The number of fused-ring (bicyclic) bond motifs is 2. The molecular formula is C29H22Cl3N5O2. The highest BCUT2D eigenvalue weighted by atomic mass is 35.5. The van der Waals surface area contributed by atoms with Gasteiger partial charge in [0, 0.05) is 34.3 Å². The topological polar surface area (TPSA) is 81.1 Å². The Morgan fingerprint density at radius 1 is 0.538 bits per heavy atom. The van der Waals surface area contributed by atoms with Crippen LogP contribution in [0, 0.1) is 0 Å². The van der Waals surface area contributed by atoms with E-state index in [2.05, 4.69) is 24.8 Å². The van der Waals surface area contributed by atoms with Crippen LogP contribution in [0.2, 0.25) is 15.2 Å². The Balaban J connectivity index is 0.000000147. The van der Waals surface area contributed by atoms with E-state index in [4.69, 9.17) is 43.6 Å². The van der Waals surface area contributed by atoms with Crippen LogP contribution in [0.25, 0.3) is 45.4 Å². The van der Waals surface area contributed by atoms with Gasteiger partial charge in [-0.25, -0.2) is 9.97 Å². The van der Waals surface area contributed by atoms with E-state index in [0.29, 0.717) is 43.9 Å². The van der Waals surface area contributed by atoms with Gasteiger partial charge in [0.2, 0.25) is 23.2 Å². The average Bonchev–Trinajstić information content (AvgIpc) is 3.58. The van der Waals surface area contributed by atoms with Gasteiger partial charge in [0.1, 0.15) is 22.0 Å². The van der Waals surface area contributed by atoms with Gasteiger partial charge in [-0.3, -0.25) is 0 Å². The normalized spacial score (nSPS) is 13.5. The van der Waals surface area contributed by atoms with E-state index in [1.165, 1.54) is 19.3 Å². The number of hydrogen-bond donors (Lipinski definition) is 0. The van der Waals surface area contributed by atoms with Crippen LogP contribution >= 0.6 is 34.8 Å². The third-order valence-corrected chi connectivity index (χ3v) is 7.04. The summed E-state index contributed by atoms with van der Waals surface area (Å²) in [5.74, 6) is 2.06. The zero-order valence-corrected chi connectivity index (χ0v) is 22.9. The van der Waals surface area contributed by atoms with Crippen molar-refractivity contribution < 1.29 is 8.83 Å². The fraction of sp³-hybridized carbons (Fsp3) is 0.172. The Morgan fingerprint density at radius 2 is 1.05 bits per heavy atom. The van der Waals surface area contributed by atoms with Gasteiger partial charge in [0.05, 0.1) is 0 Å². The number of hydrogen-bond acceptors (Lipinski definition) is 7. The van der Waals surface area contributed by atoms with E-state index in [-0.39, 0.29) is 0 Å². The van der Waals surface area contributed by atoms with Gasteiger partial charge in [-0.1, -0.05) is 34.8 Å². The summed E-state index contributed by atoms with van der Waals surface area (Å²) in [5.41, 5.74) is 4.24. The molecule has 0 N–H and O–H groups in total. The van der Waals surface area contributed by atoms with Crippen LogP contribution in [0.4, 0.5) is 5.82 Å². The average molecular weight is 579 g/mol. The SMILES string of the molecule is Clc1ccc(-c2nc3ccc(Cl)nc3o2)cc1.Clc1ccc(-c2nc3ccc(N4CCCCC4)nc3o2)cc1. The second-order valence-electron chi connectivity index (χ2n) is 9.05. The van der Waals surface area contributed by atoms with Crippen molar-refractivity contribution in [2.75, 3.05) is 18.0 Å². The minimum atomic E-state index is 0.385. The van der Waals surface area contributed by atoms with Crippen LogP contribution in [-0.2, 0) is 0 Å². The molecule has 1 fully saturated rings. The van der Waals surface area contributed by atoms with Crippen molar-refractivity contribution >= 4 is 63.1 Å². The molecule has 6 aromatic rings. The summed E-state index contributed by atoms with van der Waals surface area (Å²) >= 11 is 17.5. The summed E-state index contributed by atoms with van der Waals surface area (Å²) in [6.45, 7) is 2.13. The van der Waals surface area contributed by atoms with Crippen molar-refractivity contribution in [2.45, 2.75) is 19.3 Å². The molecule has 0 unspecified atom stereocenters. The van der Waals surface area contributed by atoms with Crippen molar-refractivity contribution in [3.05, 3.63) is 88.0 Å². The number of anilines is 1. The highest BCUT2D eigenvalue weighted by Gasteiger charge is 2.15. The predicted molar refractivity (Wildman–Crippen MR) is 156 cm³/mol. The lowest BCUT2D eigenvalue weighted by atomic mass is 10.1. The number of oxazole rings is 2. The summed E-state index contributed by atoms with van der Waals surface area (Å²) in [5, 5.41) is 1.76. The number of benzene rings is 2. The van der Waals surface area contributed by atoms with Crippen LogP contribution < -0.4 is 4.90 Å². The quantitative estimate of drug-likeness (QED) is 0.194. The monoisotopic (exact) mass is 577 g/mol. The van der Waals surface area contributed by atoms with Gasteiger partial charge < -0.3 is 13.7 Å². The molecule has 1 saturated heterocycles. The van der Waals surface area contributed by atoms with Crippen molar-refractivity contribution in [1.29, 1.82) is 0 Å². The molecule has 0 radical (unpaired) electrons. The molecule has 196 valence electrons. The van der Waals surface area contributed by atoms with Crippen molar-refractivity contribution in [3.8, 4) is 22.9 Å². The molecule has 0 aliphatic carbocycles. The standard InChI is InChI=1S/C17H16ClN3O.C12H6Cl2N2O/c18-13-6-4-12(5-7-13)16-19-14-8-9-15(20-17(14)22-16)21-10-2-1-3-11-21;13-8-3-1-7(2-4-8)11-15-9-5-6-10(14)16-12(9)17-11/h4-9H,1-3,10-11H2;1-6H. The minimum absolute atomic E-state index is 0.385. The Bertz CT molecular complexity index is 1730. The largest absolute Gasteiger partial charge is 0.418 e. The number of aromatic nitrogens is 4. The summed E-state index contributed by atoms with van der Waals surface area (Å²) < 4.78 is 11.4. The molecule has 5 heterocycles. The first-order valence-corrected chi connectivity index (χ1v) is 13.6. The maximum Gasteiger partial charge on any atom is 0.249 e. The Kier molecular flexibility index (Phi) is 7.37. The third-order valence-electron chi connectivity index (χ3n) is 6.32. The fourth-order valence-corrected chi connectivity index (χ4v) is 4.72. The van der Waals surface area contributed by atoms with Crippen LogP contribution in [0.3, 0.4) is 0 Å². The predicted octanol–water partition coefficient (Wildman–Crippen LogP) is 8.73. The smallest absolute Gasteiger partial charge is 0.249 e. The fourth-order valence-electron chi connectivity index (χ4n) is 4.33. The number of piperidine rings is 1. The summed E-state index contributed by atoms with van der Waals surface area (Å²) in [6, 6.07) is 22.2. The van der Waals surface area contributed by atoms with E-state index in [0.717, 1.165) is 35.6 Å². The highest BCUT2D eigenvalue weighted by Crippen LogP contribution is 2.27. The molecule has 7 rings (SSSR count). The summed E-state index contributed by atoms with van der Waals surface area (Å²) in [6.07, 6.45) is 3.76. The van der Waals surface area contributed by atoms with Gasteiger partial charge in [-0.05, 0) is 92.1 Å². The van der Waals surface area contributed by atoms with Crippen LogP contribution in [-0.4, -0.2) is 33.0 Å². The zero-order valence-electron chi connectivity index (χ0n) is 20.7. The third kappa shape index (κ3) is 5.86. The Morgan fingerprint density at radius 3 is 1.62 bits per heavy atom. The molecule has 7 nitrogen and oxygen atoms in total. The highest BCUT2D eigenvalue weighted by molar-refractivity contribution is 6.31. The van der Waals surface area contributed by atoms with Gasteiger partial charge in [-0.2, -0.15) is 9.97 Å². The zero-order chi connectivity index (χ0) is 26.8. The molecular weight excluding hydrogens is 557 g/mol. The summed E-state index contributed by atoms with van der Waals surface area (Å²) in [7, 11) is 0. The van der Waals surface area contributed by atoms with Crippen molar-refractivity contribution in [2.24, 2.45) is 0 Å². The molecule has 0 saturated carbocycles. The number of rotatable bonds is 3. The van der Waals surface area contributed by atoms with E-state index in [1.54, 1.807) is 24.3 Å². The Labute approximate surface area is 239 Å². The van der Waals surface area contributed by atoms with Crippen molar-refractivity contribution in [3.63, 3.8) is 0 Å². The van der Waals surface area contributed by atoms with Crippen LogP contribution in [0.5, 0.6) is 0 Å². The number of nitrogens with zero attached hydrogens (tertiary/aromatic N) is 5. The number of halogens is 3. The molecule has 2 aromatic carbocycles. The molecule has 10 heteroatoms. The minimum Gasteiger partial charge on any atom is -0.418 e. The number of pyridine rings is 2. The lowest BCUT2D eigenvalue weighted by Gasteiger charge is -2.27. The molecule has 4 aromatic heterocycles. The first-order chi connectivity index (χ1) is 19.0. The first kappa shape index (κ1) is 25.6. The van der Waals surface area contributed by atoms with E-state index in [1.807, 2.05) is 48.5 Å². The maximum atomic E-state index is 5.92. The van der Waals surface area contributed by atoms with E-state index < -0.39 is 0 Å². The van der Waals surface area contributed by atoms with Gasteiger partial charge in [0.15, 0.2) is 0 Å². The molecule has 1 aliphatic heterocycles.